The van der Waals surface area contributed by atoms with Crippen molar-refractivity contribution in [3.8, 4) is 0 Å². The van der Waals surface area contributed by atoms with Crippen molar-refractivity contribution in [1.82, 2.24) is 9.97 Å². The Balaban J connectivity index is 2.09. The van der Waals surface area contributed by atoms with Crippen LogP contribution in [-0.4, -0.2) is 27.2 Å². The highest BCUT2D eigenvalue weighted by Crippen LogP contribution is 2.33. The second-order valence-electron chi connectivity index (χ2n) is 4.97. The summed E-state index contributed by atoms with van der Waals surface area (Å²) < 4.78 is 0. The Kier molecular flexibility index (Phi) is 3.84. The van der Waals surface area contributed by atoms with Gasteiger partial charge in [0.25, 0.3) is 0 Å². The highest BCUT2D eigenvalue weighted by Gasteiger charge is 2.33. The van der Waals surface area contributed by atoms with Crippen molar-refractivity contribution >= 4 is 17.4 Å². The Labute approximate surface area is 106 Å². The zero-order valence-corrected chi connectivity index (χ0v) is 10.7. The molecule has 0 saturated heterocycles. The minimum Gasteiger partial charge on any atom is -0.394 e. The first-order valence-corrected chi connectivity index (χ1v) is 6.38. The number of nitrogens with zero attached hydrogens (tertiary/aromatic N) is 2. The Morgan fingerprint density at radius 2 is 2.18 bits per heavy atom. The summed E-state index contributed by atoms with van der Waals surface area (Å²) in [5, 5.41) is 13.3. The van der Waals surface area contributed by atoms with Crippen molar-refractivity contribution in [2.75, 3.05) is 11.9 Å². The minimum absolute atomic E-state index is 0.119. The van der Waals surface area contributed by atoms with Gasteiger partial charge < -0.3 is 10.4 Å². The van der Waals surface area contributed by atoms with E-state index < -0.39 is 0 Å². The van der Waals surface area contributed by atoms with E-state index in [0.717, 1.165) is 31.6 Å². The fourth-order valence-electron chi connectivity index (χ4n) is 2.31. The molecule has 5 heteroatoms. The van der Waals surface area contributed by atoms with Crippen LogP contribution in [0.1, 0.15) is 32.6 Å². The molecule has 1 fully saturated rings. The lowest BCUT2D eigenvalue weighted by atomic mass is 9.77. The van der Waals surface area contributed by atoms with Crippen molar-refractivity contribution in [3.05, 3.63) is 17.5 Å². The largest absolute Gasteiger partial charge is 0.394 e. The van der Waals surface area contributed by atoms with Gasteiger partial charge in [0, 0.05) is 0 Å². The Hall–Kier alpha value is -0.870. The Bertz CT molecular complexity index is 378. The number of aromatic nitrogens is 2. The summed E-state index contributed by atoms with van der Waals surface area (Å²) in [5.74, 6) is 1.38. The molecule has 0 atom stereocenters. The molecular formula is C12H18ClN3O. The van der Waals surface area contributed by atoms with Gasteiger partial charge in [0.1, 0.15) is 11.0 Å². The molecule has 17 heavy (non-hydrogen) atoms. The van der Waals surface area contributed by atoms with Crippen molar-refractivity contribution < 1.29 is 5.11 Å². The van der Waals surface area contributed by atoms with Crippen molar-refractivity contribution in [2.45, 2.75) is 38.1 Å². The van der Waals surface area contributed by atoms with Crippen molar-refractivity contribution in [1.29, 1.82) is 0 Å². The summed E-state index contributed by atoms with van der Waals surface area (Å²) in [5.41, 5.74) is -0.258. The Morgan fingerprint density at radius 3 is 2.76 bits per heavy atom. The lowest BCUT2D eigenvalue weighted by Crippen LogP contribution is -2.45. The second kappa shape index (κ2) is 5.19. The summed E-state index contributed by atoms with van der Waals surface area (Å²) in [7, 11) is 0. The SMILES string of the molecule is CC1CCC(CO)(Nc2cncc(Cl)n2)CC1. The summed E-state index contributed by atoms with van der Waals surface area (Å²) in [6, 6.07) is 0. The maximum Gasteiger partial charge on any atom is 0.149 e. The third-order valence-corrected chi connectivity index (χ3v) is 3.71. The monoisotopic (exact) mass is 255 g/mol. The van der Waals surface area contributed by atoms with Gasteiger partial charge in [0.15, 0.2) is 0 Å². The van der Waals surface area contributed by atoms with E-state index in [-0.39, 0.29) is 12.1 Å². The van der Waals surface area contributed by atoms with Crippen molar-refractivity contribution in [2.24, 2.45) is 5.92 Å². The predicted molar refractivity (Wildman–Crippen MR) is 68.1 cm³/mol. The quantitative estimate of drug-likeness (QED) is 0.871. The van der Waals surface area contributed by atoms with Crippen molar-refractivity contribution in [3.63, 3.8) is 0 Å². The van der Waals surface area contributed by atoms with Crippen LogP contribution in [0.25, 0.3) is 0 Å². The smallest absolute Gasteiger partial charge is 0.149 e. The van der Waals surface area contributed by atoms with Gasteiger partial charge in [-0.1, -0.05) is 18.5 Å². The molecule has 1 saturated carbocycles. The van der Waals surface area contributed by atoms with Crippen LogP contribution < -0.4 is 5.32 Å². The standard InChI is InChI=1S/C12H18ClN3O/c1-9-2-4-12(8-17,5-3-9)16-11-7-14-6-10(13)15-11/h6-7,9,17H,2-5,8H2,1H3,(H,15,16). The van der Waals surface area contributed by atoms with Crippen LogP contribution in [-0.2, 0) is 0 Å². The molecule has 0 radical (unpaired) electrons. The molecule has 0 unspecified atom stereocenters. The first-order valence-electron chi connectivity index (χ1n) is 6.00. The van der Waals surface area contributed by atoms with Gasteiger partial charge in [-0.2, -0.15) is 0 Å². The fourth-order valence-corrected chi connectivity index (χ4v) is 2.46. The number of aliphatic hydroxyl groups is 1. The van der Waals surface area contributed by atoms with Gasteiger partial charge in [0.2, 0.25) is 0 Å². The number of hydrogen-bond acceptors (Lipinski definition) is 4. The van der Waals surface area contributed by atoms with E-state index in [1.165, 1.54) is 6.20 Å². The molecule has 0 amide bonds. The van der Waals surface area contributed by atoms with Gasteiger partial charge in [-0.15, -0.1) is 0 Å². The summed E-state index contributed by atoms with van der Waals surface area (Å²) >= 11 is 5.80. The summed E-state index contributed by atoms with van der Waals surface area (Å²) in [6.45, 7) is 2.37. The first kappa shape index (κ1) is 12.6. The van der Waals surface area contributed by atoms with E-state index in [9.17, 15) is 5.11 Å². The fraction of sp³-hybridized carbons (Fsp3) is 0.667. The zero-order chi connectivity index (χ0) is 12.3. The number of halogens is 1. The molecule has 1 aromatic heterocycles. The van der Waals surface area contributed by atoms with Gasteiger partial charge in [-0.05, 0) is 31.6 Å². The predicted octanol–water partition coefficient (Wildman–Crippen LogP) is 2.48. The van der Waals surface area contributed by atoms with Gasteiger partial charge >= 0.3 is 0 Å². The molecule has 2 N–H and O–H groups in total. The molecule has 2 rings (SSSR count). The van der Waals surface area contributed by atoms with E-state index >= 15 is 0 Å². The molecule has 4 nitrogen and oxygen atoms in total. The van der Waals surface area contributed by atoms with Crippen LogP contribution in [0.15, 0.2) is 12.4 Å². The third kappa shape index (κ3) is 3.07. The molecule has 0 aliphatic heterocycles. The lowest BCUT2D eigenvalue weighted by Gasteiger charge is -2.39. The highest BCUT2D eigenvalue weighted by atomic mass is 35.5. The maximum atomic E-state index is 9.61. The lowest BCUT2D eigenvalue weighted by molar-refractivity contribution is 0.155. The normalized spacial score (nSPS) is 29.0. The van der Waals surface area contributed by atoms with E-state index in [1.54, 1.807) is 6.20 Å². The van der Waals surface area contributed by atoms with Crippen LogP contribution in [0.3, 0.4) is 0 Å². The average molecular weight is 256 g/mol. The number of hydrogen-bond donors (Lipinski definition) is 2. The number of anilines is 1. The van der Waals surface area contributed by atoms with Crippen LogP contribution in [0.2, 0.25) is 5.15 Å². The van der Waals surface area contributed by atoms with E-state index in [1.807, 2.05) is 0 Å². The molecule has 1 aliphatic rings. The Morgan fingerprint density at radius 1 is 1.47 bits per heavy atom. The molecule has 0 spiro atoms. The van der Waals surface area contributed by atoms with Crippen LogP contribution in [0, 0.1) is 5.92 Å². The highest BCUT2D eigenvalue weighted by molar-refractivity contribution is 6.29. The molecule has 1 aromatic rings. The van der Waals surface area contributed by atoms with Crippen LogP contribution >= 0.6 is 11.6 Å². The summed E-state index contributed by atoms with van der Waals surface area (Å²) in [4.78, 5) is 8.15. The molecule has 1 heterocycles. The molecule has 0 aromatic carbocycles. The van der Waals surface area contributed by atoms with E-state index in [4.69, 9.17) is 11.6 Å². The number of nitrogens with one attached hydrogen (secondary N) is 1. The molecule has 1 aliphatic carbocycles. The van der Waals surface area contributed by atoms with Crippen LogP contribution in [0.5, 0.6) is 0 Å². The van der Waals surface area contributed by atoms with E-state index in [0.29, 0.717) is 11.0 Å². The average Bonchev–Trinajstić information content (AvgIpc) is 2.33. The second-order valence-corrected chi connectivity index (χ2v) is 5.36. The van der Waals surface area contributed by atoms with Crippen LogP contribution in [0.4, 0.5) is 5.82 Å². The molecule has 0 bridgehead atoms. The topological polar surface area (TPSA) is 58.0 Å². The van der Waals surface area contributed by atoms with Gasteiger partial charge in [-0.25, -0.2) is 4.98 Å². The van der Waals surface area contributed by atoms with Gasteiger partial charge in [0.05, 0.1) is 24.5 Å². The molecule has 94 valence electrons. The number of aliphatic hydroxyl groups excluding tert-OH is 1. The number of rotatable bonds is 3. The maximum absolute atomic E-state index is 9.61. The minimum atomic E-state index is -0.258. The molecular weight excluding hydrogens is 238 g/mol. The third-order valence-electron chi connectivity index (χ3n) is 3.53. The van der Waals surface area contributed by atoms with E-state index in [2.05, 4.69) is 22.2 Å². The summed E-state index contributed by atoms with van der Waals surface area (Å²) in [6.07, 6.45) is 7.31. The van der Waals surface area contributed by atoms with Gasteiger partial charge in [-0.3, -0.25) is 4.98 Å². The first-order chi connectivity index (χ1) is 8.13. The zero-order valence-electron chi connectivity index (χ0n) is 9.99.